The maximum Gasteiger partial charge on any atom is 0.435 e. The minimum absolute atomic E-state index is 0.0811. The van der Waals surface area contributed by atoms with Gasteiger partial charge >= 0.3 is 6.18 Å². The number of nitrogens with zero attached hydrogens (tertiary/aromatic N) is 4. The molecule has 0 spiro atoms. The van der Waals surface area contributed by atoms with Gasteiger partial charge in [0.25, 0.3) is 0 Å². The van der Waals surface area contributed by atoms with Crippen molar-refractivity contribution in [1.82, 2.24) is 14.6 Å². The fourth-order valence-corrected chi connectivity index (χ4v) is 2.52. The monoisotopic (exact) mass is 338 g/mol. The van der Waals surface area contributed by atoms with Crippen LogP contribution in [-0.4, -0.2) is 28.7 Å². The second-order valence-electron chi connectivity index (χ2n) is 5.61. The molecule has 1 aromatic carbocycles. The van der Waals surface area contributed by atoms with Crippen molar-refractivity contribution in [3.8, 4) is 11.1 Å². The molecule has 126 valence electrons. The Morgan fingerprint density at radius 1 is 1.08 bits per heavy atom. The molecule has 0 bridgehead atoms. The summed E-state index contributed by atoms with van der Waals surface area (Å²) in [6.07, 6.45) is -4.66. The first-order chi connectivity index (χ1) is 11.2. The molecule has 2 heterocycles. The lowest BCUT2D eigenvalue weighted by Gasteiger charge is -2.14. The highest BCUT2D eigenvalue weighted by Gasteiger charge is 2.39. The number of benzene rings is 1. The van der Waals surface area contributed by atoms with Crippen LogP contribution in [0.15, 0.2) is 30.3 Å². The summed E-state index contributed by atoms with van der Waals surface area (Å²) in [6, 6.07) is 6.46. The van der Waals surface area contributed by atoms with Crippen molar-refractivity contribution >= 4 is 11.5 Å². The van der Waals surface area contributed by atoms with Gasteiger partial charge in [-0.15, -0.1) is 0 Å². The normalized spacial score (nSPS) is 12.0. The van der Waals surface area contributed by atoms with Crippen LogP contribution in [0.25, 0.3) is 16.8 Å². The van der Waals surface area contributed by atoms with Gasteiger partial charge < -0.3 is 4.90 Å². The molecule has 2 aromatic heterocycles. The van der Waals surface area contributed by atoms with Gasteiger partial charge in [0.1, 0.15) is 11.6 Å². The van der Waals surface area contributed by atoms with Crippen LogP contribution in [0.3, 0.4) is 0 Å². The Labute approximate surface area is 135 Å². The molecule has 0 atom stereocenters. The molecule has 3 aromatic rings. The Morgan fingerprint density at radius 3 is 2.25 bits per heavy atom. The van der Waals surface area contributed by atoms with Gasteiger partial charge in [0.2, 0.25) is 0 Å². The van der Waals surface area contributed by atoms with Gasteiger partial charge in [0.15, 0.2) is 11.3 Å². The van der Waals surface area contributed by atoms with E-state index >= 15 is 0 Å². The van der Waals surface area contributed by atoms with Gasteiger partial charge in [-0.2, -0.15) is 22.8 Å². The van der Waals surface area contributed by atoms with Crippen molar-refractivity contribution in [1.29, 1.82) is 0 Å². The molecule has 0 aliphatic heterocycles. The fourth-order valence-electron chi connectivity index (χ4n) is 2.52. The predicted molar refractivity (Wildman–Crippen MR) is 82.4 cm³/mol. The number of fused-ring (bicyclic) bond motifs is 1. The lowest BCUT2D eigenvalue weighted by Crippen LogP contribution is -2.15. The van der Waals surface area contributed by atoms with E-state index in [1.165, 1.54) is 12.1 Å². The maximum atomic E-state index is 13.5. The summed E-state index contributed by atoms with van der Waals surface area (Å²) in [7, 11) is 3.42. The van der Waals surface area contributed by atoms with Gasteiger partial charge in [-0.25, -0.2) is 9.37 Å². The number of hydrogen-bond donors (Lipinski definition) is 0. The number of rotatable bonds is 2. The molecule has 4 nitrogen and oxygen atoms in total. The average molecular weight is 338 g/mol. The third kappa shape index (κ3) is 2.68. The first-order valence-electron chi connectivity index (χ1n) is 7.09. The van der Waals surface area contributed by atoms with E-state index in [0.717, 1.165) is 16.6 Å². The predicted octanol–water partition coefficient (Wildman–Crippen LogP) is 3.93. The van der Waals surface area contributed by atoms with Gasteiger partial charge in [-0.3, -0.25) is 0 Å². The van der Waals surface area contributed by atoms with Crippen LogP contribution in [0.2, 0.25) is 0 Å². The molecule has 0 amide bonds. The number of alkyl halides is 3. The van der Waals surface area contributed by atoms with Crippen molar-refractivity contribution in [2.75, 3.05) is 19.0 Å². The molecule has 0 aliphatic rings. The molecule has 0 aliphatic carbocycles. The topological polar surface area (TPSA) is 33.4 Å². The van der Waals surface area contributed by atoms with Crippen molar-refractivity contribution in [3.63, 3.8) is 0 Å². The van der Waals surface area contributed by atoms with E-state index in [4.69, 9.17) is 0 Å². The van der Waals surface area contributed by atoms with Crippen LogP contribution in [0.4, 0.5) is 23.4 Å². The first kappa shape index (κ1) is 16.2. The summed E-state index contributed by atoms with van der Waals surface area (Å²) in [4.78, 5) is 5.89. The van der Waals surface area contributed by atoms with Crippen LogP contribution < -0.4 is 4.90 Å². The highest BCUT2D eigenvalue weighted by atomic mass is 19.4. The summed E-state index contributed by atoms with van der Waals surface area (Å²) in [5.74, 6) is -0.0572. The lowest BCUT2D eigenvalue weighted by molar-refractivity contribution is -0.140. The Bertz CT molecular complexity index is 895. The van der Waals surface area contributed by atoms with Crippen molar-refractivity contribution in [2.45, 2.75) is 13.1 Å². The SMILES string of the molecule is Cc1cc(N(C)C)n2nc(C(F)(F)F)c(-c3ccc(F)cc3)c2n1. The largest absolute Gasteiger partial charge is 0.435 e. The molecule has 3 rings (SSSR count). The van der Waals surface area contributed by atoms with E-state index < -0.39 is 17.7 Å². The van der Waals surface area contributed by atoms with Crippen LogP contribution >= 0.6 is 0 Å². The Morgan fingerprint density at radius 2 is 1.71 bits per heavy atom. The highest BCUT2D eigenvalue weighted by molar-refractivity contribution is 5.81. The number of aryl methyl sites for hydroxylation is 1. The van der Waals surface area contributed by atoms with Gasteiger partial charge in [0, 0.05) is 25.9 Å². The molecule has 0 fully saturated rings. The zero-order valence-electron chi connectivity index (χ0n) is 13.2. The standard InChI is InChI=1S/C16H14F4N4/c1-9-8-12(23(2)3)24-15(21-9)13(14(22-24)16(18,19)20)10-4-6-11(17)7-5-10/h4-8H,1-3H3. The smallest absolute Gasteiger partial charge is 0.363 e. The minimum atomic E-state index is -4.66. The van der Waals surface area contributed by atoms with Crippen molar-refractivity contribution < 1.29 is 17.6 Å². The third-order valence-electron chi connectivity index (χ3n) is 3.56. The van der Waals surface area contributed by atoms with Gasteiger partial charge in [0.05, 0.1) is 5.56 Å². The summed E-state index contributed by atoms with van der Waals surface area (Å²) in [6.45, 7) is 1.70. The summed E-state index contributed by atoms with van der Waals surface area (Å²) in [5, 5.41) is 3.74. The fraction of sp³-hybridized carbons (Fsp3) is 0.250. The zero-order chi connectivity index (χ0) is 17.6. The maximum absolute atomic E-state index is 13.5. The molecule has 24 heavy (non-hydrogen) atoms. The Hall–Kier alpha value is -2.64. The van der Waals surface area contributed by atoms with Gasteiger partial charge in [-0.05, 0) is 24.6 Å². The second kappa shape index (κ2) is 5.47. The van der Waals surface area contributed by atoms with Crippen LogP contribution in [0.5, 0.6) is 0 Å². The molecule has 0 N–H and O–H groups in total. The van der Waals surface area contributed by atoms with Crippen LogP contribution in [0, 0.1) is 12.7 Å². The van der Waals surface area contributed by atoms with Crippen LogP contribution in [-0.2, 0) is 6.18 Å². The van der Waals surface area contributed by atoms with E-state index in [2.05, 4.69) is 10.1 Å². The number of aromatic nitrogens is 3. The highest BCUT2D eigenvalue weighted by Crippen LogP contribution is 2.39. The van der Waals surface area contributed by atoms with Crippen molar-refractivity contribution in [2.24, 2.45) is 0 Å². The lowest BCUT2D eigenvalue weighted by atomic mass is 10.1. The molecule has 0 saturated heterocycles. The summed E-state index contributed by atoms with van der Waals surface area (Å²) < 4.78 is 54.8. The van der Waals surface area contributed by atoms with Crippen LogP contribution in [0.1, 0.15) is 11.4 Å². The average Bonchev–Trinajstić information content (AvgIpc) is 2.86. The molecular formula is C16H14F4N4. The number of hydrogen-bond acceptors (Lipinski definition) is 3. The Balaban J connectivity index is 2.42. The summed E-state index contributed by atoms with van der Waals surface area (Å²) in [5.41, 5.74) is -0.355. The van der Waals surface area contributed by atoms with E-state index in [-0.39, 0.29) is 16.8 Å². The first-order valence-corrected chi connectivity index (χ1v) is 7.09. The number of anilines is 1. The molecule has 8 heteroatoms. The third-order valence-corrected chi connectivity index (χ3v) is 3.56. The summed E-state index contributed by atoms with van der Waals surface area (Å²) >= 11 is 0. The quantitative estimate of drug-likeness (QED) is 0.664. The zero-order valence-corrected chi connectivity index (χ0v) is 13.2. The van der Waals surface area contributed by atoms with E-state index in [1.807, 2.05) is 0 Å². The van der Waals surface area contributed by atoms with Gasteiger partial charge in [-0.1, -0.05) is 12.1 Å². The molecular weight excluding hydrogens is 324 g/mol. The Kier molecular flexibility index (Phi) is 3.70. The number of halogens is 4. The van der Waals surface area contributed by atoms with E-state index in [9.17, 15) is 17.6 Å². The second-order valence-corrected chi connectivity index (χ2v) is 5.61. The molecule has 0 unspecified atom stereocenters. The minimum Gasteiger partial charge on any atom is -0.363 e. The van der Waals surface area contributed by atoms with Crippen molar-refractivity contribution in [3.05, 3.63) is 47.5 Å². The van der Waals surface area contributed by atoms with E-state index in [1.54, 1.807) is 32.0 Å². The molecule has 0 saturated carbocycles. The van der Waals surface area contributed by atoms with E-state index in [0.29, 0.717) is 11.5 Å². The molecule has 0 radical (unpaired) electrons.